The molecule has 6 nitrogen and oxygen atoms in total. The topological polar surface area (TPSA) is 69.6 Å². The predicted octanol–water partition coefficient (Wildman–Crippen LogP) is 11.9. The van der Waals surface area contributed by atoms with Crippen molar-refractivity contribution in [2.75, 3.05) is 0 Å². The molecule has 0 amide bonds. The van der Waals surface area contributed by atoms with E-state index in [2.05, 4.69) is 122 Å². The Morgan fingerprint density at radius 1 is 0.807 bits per heavy atom. The molecule has 5 heterocycles. The van der Waals surface area contributed by atoms with E-state index in [4.69, 9.17) is 14.4 Å². The summed E-state index contributed by atoms with van der Waals surface area (Å²) in [5, 5.41) is 3.62. The predicted molar refractivity (Wildman–Crippen MR) is 234 cm³/mol. The Labute approximate surface area is 351 Å². The van der Waals surface area contributed by atoms with Crippen molar-refractivity contribution in [3.05, 3.63) is 132 Å². The molecule has 1 aliphatic rings. The van der Waals surface area contributed by atoms with Gasteiger partial charge < -0.3 is 14.0 Å². The summed E-state index contributed by atoms with van der Waals surface area (Å²) in [5.74, 6) is 1.66. The molecule has 0 saturated heterocycles. The molecule has 0 N–H and O–H groups in total. The largest absolute Gasteiger partial charge is 0.499 e. The van der Waals surface area contributed by atoms with E-state index < -0.39 is 8.07 Å². The van der Waals surface area contributed by atoms with Crippen LogP contribution in [-0.2, 0) is 31.9 Å². The second-order valence-electron chi connectivity index (χ2n) is 17.5. The number of aromatic nitrogens is 5. The summed E-state index contributed by atoms with van der Waals surface area (Å²) in [7, 11) is -1.35. The normalized spacial score (nSPS) is 13.5. The molecule has 5 aromatic heterocycles. The number of hydrogen-bond acceptors (Lipinski definition) is 5. The number of furan rings is 1. The molecule has 293 valence electrons. The van der Waals surface area contributed by atoms with E-state index in [1.165, 1.54) is 37.7 Å². The fourth-order valence-corrected chi connectivity index (χ4v) is 9.69. The average molecular weight is 946 g/mol. The van der Waals surface area contributed by atoms with E-state index in [1.807, 2.05) is 50.4 Å². The zero-order chi connectivity index (χ0) is 39.2. The fraction of sp³-hybridized carbons (Fsp3) is 0.306. The van der Waals surface area contributed by atoms with Gasteiger partial charge in [-0.25, -0.2) is 0 Å². The van der Waals surface area contributed by atoms with E-state index in [9.17, 15) is 0 Å². The molecule has 1 saturated carbocycles. The molecule has 1 radical (unpaired) electrons. The van der Waals surface area contributed by atoms with E-state index in [0.717, 1.165) is 78.6 Å². The van der Waals surface area contributed by atoms with E-state index in [0.29, 0.717) is 0 Å². The molecule has 8 heteroatoms. The maximum absolute atomic E-state index is 6.30. The summed E-state index contributed by atoms with van der Waals surface area (Å²) >= 11 is 0. The summed E-state index contributed by atoms with van der Waals surface area (Å²) in [5.41, 5.74) is 12.2. The van der Waals surface area contributed by atoms with Gasteiger partial charge in [-0.2, -0.15) is 0 Å². The minimum absolute atomic E-state index is 0. The summed E-state index contributed by atoms with van der Waals surface area (Å²) in [6.07, 6.45) is 12.7. The smallest absolute Gasteiger partial charge is 0.139 e. The third kappa shape index (κ3) is 8.45. The van der Waals surface area contributed by atoms with E-state index in [1.54, 1.807) is 16.9 Å². The number of fused-ring (bicyclic) bond motifs is 4. The number of nitrogens with zero attached hydrogens (tertiary/aromatic N) is 5. The van der Waals surface area contributed by atoms with Crippen LogP contribution in [0.5, 0.6) is 0 Å². The average Bonchev–Trinajstić information content (AvgIpc) is 3.92. The molecule has 8 aromatic rings. The second kappa shape index (κ2) is 16.2. The third-order valence-electron chi connectivity index (χ3n) is 11.1. The summed E-state index contributed by atoms with van der Waals surface area (Å²) in [6, 6.07) is 34.0. The molecule has 0 spiro atoms. The number of aryl methyl sites for hydroxylation is 2. The van der Waals surface area contributed by atoms with Crippen molar-refractivity contribution in [1.29, 1.82) is 0 Å². The number of hydrogen-bond donors (Lipinski definition) is 0. The van der Waals surface area contributed by atoms with Crippen molar-refractivity contribution >= 4 is 46.2 Å². The van der Waals surface area contributed by atoms with Crippen molar-refractivity contribution in [2.24, 2.45) is 5.92 Å². The van der Waals surface area contributed by atoms with Gasteiger partial charge in [0.2, 0.25) is 0 Å². The Hall–Kier alpha value is -4.75. The number of imidazole rings is 1. The van der Waals surface area contributed by atoms with Crippen LogP contribution in [0.4, 0.5) is 0 Å². The van der Waals surface area contributed by atoms with Crippen molar-refractivity contribution in [3.8, 4) is 28.3 Å². The maximum atomic E-state index is 6.30. The third-order valence-corrected chi connectivity index (χ3v) is 13.2. The van der Waals surface area contributed by atoms with Crippen LogP contribution in [0, 0.1) is 31.9 Å². The summed E-state index contributed by atoms with van der Waals surface area (Å²) in [4.78, 5) is 18.8. The molecule has 0 unspecified atom stereocenters. The van der Waals surface area contributed by atoms with Gasteiger partial charge in [-0.15, -0.1) is 54.1 Å². The van der Waals surface area contributed by atoms with Gasteiger partial charge in [-0.1, -0.05) is 101 Å². The summed E-state index contributed by atoms with van der Waals surface area (Å²) < 4.78 is 8.45. The Morgan fingerprint density at radius 2 is 1.54 bits per heavy atom. The monoisotopic (exact) mass is 946 g/mol. The number of rotatable bonds is 6. The van der Waals surface area contributed by atoms with E-state index >= 15 is 0 Å². The molecular formula is C49H51IrN5OSi-2. The summed E-state index contributed by atoms with van der Waals surface area (Å²) in [6.45, 7) is 17.9. The first-order chi connectivity index (χ1) is 26.8. The van der Waals surface area contributed by atoms with Gasteiger partial charge in [0.15, 0.2) is 0 Å². The Morgan fingerprint density at radius 3 is 2.25 bits per heavy atom. The Kier molecular flexibility index (Phi) is 11.5. The second-order valence-corrected chi connectivity index (χ2v) is 22.5. The van der Waals surface area contributed by atoms with Crippen LogP contribution in [0.15, 0.2) is 102 Å². The van der Waals surface area contributed by atoms with Crippen LogP contribution in [0.3, 0.4) is 0 Å². The molecule has 0 atom stereocenters. The molecule has 1 fully saturated rings. The van der Waals surface area contributed by atoms with Gasteiger partial charge in [-0.3, -0.25) is 15.0 Å². The number of pyridine rings is 3. The molecule has 0 bridgehead atoms. The van der Waals surface area contributed by atoms with Gasteiger partial charge in [-0.05, 0) is 72.3 Å². The quantitative estimate of drug-likeness (QED) is 0.123. The van der Waals surface area contributed by atoms with E-state index in [-0.39, 0.29) is 25.5 Å². The molecule has 0 aliphatic heterocycles. The maximum Gasteiger partial charge on any atom is 0.139 e. The Bertz CT molecular complexity index is 2660. The van der Waals surface area contributed by atoms with Crippen LogP contribution in [0.1, 0.15) is 69.0 Å². The van der Waals surface area contributed by atoms with Crippen LogP contribution in [0.2, 0.25) is 19.6 Å². The van der Waals surface area contributed by atoms with Crippen molar-refractivity contribution in [1.82, 2.24) is 24.5 Å². The Balaban J connectivity index is 0.000000188. The minimum atomic E-state index is -1.35. The van der Waals surface area contributed by atoms with Crippen molar-refractivity contribution in [2.45, 2.75) is 91.8 Å². The fourth-order valence-electron chi connectivity index (χ4n) is 8.10. The van der Waals surface area contributed by atoms with Gasteiger partial charge >= 0.3 is 0 Å². The molecule has 1 aliphatic carbocycles. The van der Waals surface area contributed by atoms with Crippen LogP contribution in [0.25, 0.3) is 61.3 Å². The van der Waals surface area contributed by atoms with Gasteiger partial charge in [0.1, 0.15) is 5.58 Å². The van der Waals surface area contributed by atoms with Gasteiger partial charge in [0, 0.05) is 48.8 Å². The van der Waals surface area contributed by atoms with Gasteiger partial charge in [0.05, 0.1) is 42.9 Å². The molecule has 3 aromatic carbocycles. The van der Waals surface area contributed by atoms with Crippen molar-refractivity contribution in [3.63, 3.8) is 0 Å². The SMILES string of the molecule is C[Si](C)(C)c1cnc(-c2[c-]cccc2)cc1CC1CCCC1.Cc1cc2nc(-c3[c-]ccc4c3oc3cnc(C)cc34)n(-c3ccc(C(C)(C)C)cc3)c2cn1.[Ir]. The molecule has 57 heavy (non-hydrogen) atoms. The standard InChI is InChI=1S/C29H25N4O.C20H26NSi.Ir/c1-17-13-23-21-7-6-8-22(27(21)34-26(23)16-31-17)28-32-24-14-18(2)30-15-25(24)33(28)20-11-9-19(10-12-20)29(3,4)5;1-22(2,3)20-15-21-19(17-11-5-4-6-12-17)14-18(20)13-16-9-7-8-10-16;/h6-7,9-16H,1-5H3;4-6,11,14-16H,7-10,13H2,1-3H3;/q2*-1;. The number of benzene rings is 3. The zero-order valence-corrected chi connectivity index (χ0v) is 37.7. The minimum Gasteiger partial charge on any atom is -0.499 e. The van der Waals surface area contributed by atoms with Gasteiger partial charge in [0.25, 0.3) is 0 Å². The van der Waals surface area contributed by atoms with Crippen LogP contribution >= 0.6 is 0 Å². The first kappa shape index (κ1) is 40.4. The first-order valence-corrected chi connectivity index (χ1v) is 23.5. The van der Waals surface area contributed by atoms with Crippen LogP contribution < -0.4 is 5.19 Å². The zero-order valence-electron chi connectivity index (χ0n) is 34.3. The first-order valence-electron chi connectivity index (χ1n) is 20.0. The molecule has 9 rings (SSSR count). The van der Waals surface area contributed by atoms with Crippen molar-refractivity contribution < 1.29 is 24.5 Å². The molecular weight excluding hydrogens is 895 g/mol. The van der Waals surface area contributed by atoms with Crippen LogP contribution in [-0.4, -0.2) is 32.6 Å².